The number of unbranched alkanes of at least 4 members (excludes halogenated alkanes) is 6. The molecule has 17 heteroatoms. The van der Waals surface area contributed by atoms with Crippen molar-refractivity contribution < 1.29 is 61.9 Å². The van der Waals surface area contributed by atoms with Crippen molar-refractivity contribution in [3.8, 4) is 34.5 Å². The Balaban J connectivity index is 0.836. The normalized spacial score (nSPS) is 17.1. The highest BCUT2D eigenvalue weighted by Crippen LogP contribution is 2.35. The fourth-order valence-electron chi connectivity index (χ4n) is 8.99. The van der Waals surface area contributed by atoms with Crippen molar-refractivity contribution in [2.45, 2.75) is 103 Å². The first-order chi connectivity index (χ1) is 37.6. The highest BCUT2D eigenvalue weighted by molar-refractivity contribution is 7.22. The summed E-state index contributed by atoms with van der Waals surface area (Å²) in [4.78, 5) is 66.9. The van der Waals surface area contributed by atoms with Crippen molar-refractivity contribution >= 4 is 62.7 Å². The van der Waals surface area contributed by atoms with E-state index in [2.05, 4.69) is 28.7 Å². The van der Waals surface area contributed by atoms with Crippen LogP contribution in [0.15, 0.2) is 121 Å². The number of para-hydroxylation sites is 1. The van der Waals surface area contributed by atoms with Crippen molar-refractivity contribution in [2.75, 3.05) is 38.5 Å². The molecule has 0 aliphatic heterocycles. The van der Waals surface area contributed by atoms with E-state index in [4.69, 9.17) is 37.9 Å². The molecule has 0 atom stereocenters. The van der Waals surface area contributed by atoms with Gasteiger partial charge >= 0.3 is 29.8 Å². The molecule has 0 saturated heterocycles. The molecule has 4 aromatic carbocycles. The second-order valence-corrected chi connectivity index (χ2v) is 20.1. The van der Waals surface area contributed by atoms with E-state index in [0.29, 0.717) is 117 Å². The summed E-state index contributed by atoms with van der Waals surface area (Å²) in [5.74, 6) is 0.698. The van der Waals surface area contributed by atoms with Crippen LogP contribution in [0.3, 0.4) is 0 Å². The number of nitrogens with one attached hydrogen (secondary N) is 1. The lowest BCUT2D eigenvalue weighted by Crippen LogP contribution is -2.30. The first-order valence-electron chi connectivity index (χ1n) is 26.7. The number of hydrazone groups is 1. The van der Waals surface area contributed by atoms with Crippen molar-refractivity contribution in [3.63, 3.8) is 0 Å². The number of benzene rings is 4. The van der Waals surface area contributed by atoms with E-state index in [1.54, 1.807) is 72.9 Å². The summed E-state index contributed by atoms with van der Waals surface area (Å²) in [5.41, 5.74) is 4.40. The van der Waals surface area contributed by atoms with Crippen LogP contribution in [0.4, 0.5) is 5.13 Å². The molecular formula is C60H69N3O13S. The number of rotatable bonds is 30. The Hall–Kier alpha value is -7.53. The fourth-order valence-corrected chi connectivity index (χ4v) is 9.80. The second-order valence-electron chi connectivity index (χ2n) is 19.1. The number of fused-ring (bicyclic) bond motifs is 1. The summed E-state index contributed by atoms with van der Waals surface area (Å²) < 4.78 is 46.5. The van der Waals surface area contributed by atoms with Gasteiger partial charge in [0.15, 0.2) is 0 Å². The quantitative estimate of drug-likeness (QED) is 0.0114. The van der Waals surface area contributed by atoms with Crippen molar-refractivity contribution in [1.82, 2.24) is 4.98 Å². The molecule has 0 amide bonds. The fraction of sp³-hybridized carbons (Fsp3) is 0.417. The van der Waals surface area contributed by atoms with Crippen molar-refractivity contribution in [3.05, 3.63) is 122 Å². The van der Waals surface area contributed by atoms with Gasteiger partial charge in [0.05, 0.1) is 67.2 Å². The third-order valence-electron chi connectivity index (χ3n) is 13.4. The predicted molar refractivity (Wildman–Crippen MR) is 294 cm³/mol. The van der Waals surface area contributed by atoms with Gasteiger partial charge in [-0.2, -0.15) is 5.10 Å². The molecule has 2 saturated carbocycles. The predicted octanol–water partition coefficient (Wildman–Crippen LogP) is 12.2. The number of thiazole rings is 1. The first-order valence-corrected chi connectivity index (χ1v) is 27.5. The van der Waals surface area contributed by atoms with E-state index in [1.807, 2.05) is 24.3 Å². The number of aromatic nitrogens is 1. The van der Waals surface area contributed by atoms with Gasteiger partial charge in [-0.05, 0) is 188 Å². The Morgan fingerprint density at radius 1 is 0.545 bits per heavy atom. The standard InChI is InChI=1S/C60H69N3O13S/c1-3-55(64)71-37-13-7-5-11-35-69-47-25-29-49(30-26-47)74-57(66)43-19-17-42(18-20-43)41-73-51-33-34-53(46(39-51)40-61-63-60-62-52-15-9-10-16-54(52)77-60)76-59(68)45-23-21-44(22-24-45)58(67)75-50-31-27-48(28-32-50)70-36-12-6-8-14-38-72-56(65)4-2/h3-4,9-10,15-16,25-34,39-40,42-45H,1-2,5-8,11-14,17-24,35-38,41H2,(H,62,63)/b61-40+/t42-,43-,44-,45-. The number of carbonyl (C=O) groups is 5. The SMILES string of the molecule is C=CC(=O)OCCCCCCOc1ccc(OC(=O)[C@H]2CC[C@H](COc3ccc(OC(=O)[C@H]4CC[C@H](C(=O)Oc5ccc(OCCCCCCOC(=O)C=C)cc5)CC4)c(/C=N/Nc4nc5ccccc5s4)c3)CC2)cc1. The molecule has 2 aliphatic rings. The molecule has 1 N–H and O–H groups in total. The molecule has 0 spiro atoms. The van der Waals surface area contributed by atoms with Crippen LogP contribution in [0.2, 0.25) is 0 Å². The van der Waals surface area contributed by atoms with Crippen LogP contribution in [0.5, 0.6) is 34.5 Å². The molecule has 77 heavy (non-hydrogen) atoms. The summed E-state index contributed by atoms with van der Waals surface area (Å²) in [7, 11) is 0. The van der Waals surface area contributed by atoms with Gasteiger partial charge in [-0.1, -0.05) is 36.6 Å². The molecule has 1 heterocycles. The molecule has 2 fully saturated rings. The van der Waals surface area contributed by atoms with E-state index in [1.165, 1.54) is 11.3 Å². The summed E-state index contributed by atoms with van der Waals surface area (Å²) >= 11 is 1.47. The minimum absolute atomic E-state index is 0.209. The zero-order valence-electron chi connectivity index (χ0n) is 43.6. The third-order valence-corrected chi connectivity index (χ3v) is 14.4. The Bertz CT molecular complexity index is 2710. The van der Waals surface area contributed by atoms with Crippen LogP contribution in [0.25, 0.3) is 10.2 Å². The summed E-state index contributed by atoms with van der Waals surface area (Å²) in [6, 6.07) is 27.2. The van der Waals surface area contributed by atoms with Gasteiger partial charge in [-0.15, -0.1) is 0 Å². The Labute approximate surface area is 454 Å². The minimum atomic E-state index is -0.407. The lowest BCUT2D eigenvalue weighted by molar-refractivity contribution is -0.145. The molecule has 0 bridgehead atoms. The molecule has 0 radical (unpaired) electrons. The highest BCUT2D eigenvalue weighted by atomic mass is 32.1. The monoisotopic (exact) mass is 1070 g/mol. The van der Waals surface area contributed by atoms with Crippen LogP contribution in [-0.2, 0) is 33.4 Å². The van der Waals surface area contributed by atoms with Gasteiger partial charge in [0.2, 0.25) is 5.13 Å². The maximum atomic E-state index is 13.7. The average Bonchev–Trinajstić information content (AvgIpc) is 3.88. The summed E-state index contributed by atoms with van der Waals surface area (Å²) in [6.45, 7) is 9.09. The maximum absolute atomic E-state index is 13.7. The molecule has 1 aromatic heterocycles. The number of esters is 5. The van der Waals surface area contributed by atoms with E-state index >= 15 is 0 Å². The number of ether oxygens (including phenoxy) is 8. The molecular weight excluding hydrogens is 1000 g/mol. The topological polar surface area (TPSA) is 196 Å². The smallest absolute Gasteiger partial charge is 0.330 e. The molecule has 16 nitrogen and oxygen atoms in total. The zero-order valence-corrected chi connectivity index (χ0v) is 44.4. The number of hydrogen-bond donors (Lipinski definition) is 1. The van der Waals surface area contributed by atoms with Crippen molar-refractivity contribution in [2.24, 2.45) is 28.8 Å². The van der Waals surface area contributed by atoms with Crippen LogP contribution in [0, 0.1) is 23.7 Å². The van der Waals surface area contributed by atoms with Gasteiger partial charge < -0.3 is 37.9 Å². The van der Waals surface area contributed by atoms with E-state index in [9.17, 15) is 24.0 Å². The number of nitrogens with zero attached hydrogens (tertiary/aromatic N) is 2. The number of hydrogen-bond acceptors (Lipinski definition) is 17. The van der Waals surface area contributed by atoms with Gasteiger partial charge in [0, 0.05) is 17.7 Å². The largest absolute Gasteiger partial charge is 0.494 e. The summed E-state index contributed by atoms with van der Waals surface area (Å²) in [5, 5.41) is 5.07. The van der Waals surface area contributed by atoms with Crippen molar-refractivity contribution in [1.29, 1.82) is 0 Å². The van der Waals surface area contributed by atoms with Gasteiger partial charge in [0.1, 0.15) is 34.5 Å². The number of anilines is 1. The molecule has 0 unspecified atom stereocenters. The van der Waals surface area contributed by atoms with Crippen LogP contribution in [0.1, 0.15) is 108 Å². The minimum Gasteiger partial charge on any atom is -0.494 e. The third kappa shape index (κ3) is 19.2. The number of carbonyl (C=O) groups excluding carboxylic acids is 5. The Kier molecular flexibility index (Phi) is 22.9. The maximum Gasteiger partial charge on any atom is 0.330 e. The van der Waals surface area contributed by atoms with E-state index in [0.717, 1.165) is 86.6 Å². The zero-order chi connectivity index (χ0) is 54.0. The first kappa shape index (κ1) is 57.2. The highest BCUT2D eigenvalue weighted by Gasteiger charge is 2.33. The van der Waals surface area contributed by atoms with Crippen LogP contribution in [-0.4, -0.2) is 74.1 Å². The summed E-state index contributed by atoms with van der Waals surface area (Å²) in [6.07, 6.45) is 15.9. The molecule has 2 aliphatic carbocycles. The molecule has 5 aromatic rings. The van der Waals surface area contributed by atoms with Gasteiger partial charge in [-0.3, -0.25) is 19.8 Å². The van der Waals surface area contributed by atoms with E-state index < -0.39 is 17.9 Å². The van der Waals surface area contributed by atoms with Gasteiger partial charge in [-0.25, -0.2) is 14.6 Å². The Morgan fingerprint density at radius 3 is 1.53 bits per heavy atom. The second kappa shape index (κ2) is 30.9. The van der Waals surface area contributed by atoms with Gasteiger partial charge in [0.25, 0.3) is 0 Å². The van der Waals surface area contributed by atoms with E-state index in [-0.39, 0.29) is 35.7 Å². The Morgan fingerprint density at radius 2 is 1.01 bits per heavy atom. The average molecular weight is 1070 g/mol. The lowest BCUT2D eigenvalue weighted by atomic mass is 9.82. The molecule has 408 valence electrons. The van der Waals surface area contributed by atoms with Crippen LogP contribution >= 0.6 is 11.3 Å². The molecule has 7 rings (SSSR count). The lowest BCUT2D eigenvalue weighted by Gasteiger charge is -2.27. The van der Waals surface area contributed by atoms with Crippen LogP contribution < -0.4 is 33.8 Å².